The zero-order valence-corrected chi connectivity index (χ0v) is 15.4. The zero-order chi connectivity index (χ0) is 17.7. The van der Waals surface area contributed by atoms with Crippen LogP contribution < -0.4 is 4.89 Å². The summed E-state index contributed by atoms with van der Waals surface area (Å²) in [6.45, 7) is 1.66. The molecule has 0 aliphatic rings. The van der Waals surface area contributed by atoms with E-state index in [1.165, 1.54) is 23.9 Å². The van der Waals surface area contributed by atoms with Gasteiger partial charge >= 0.3 is 5.97 Å². The summed E-state index contributed by atoms with van der Waals surface area (Å²) in [4.78, 5) is 22.6. The molecule has 8 heteroatoms. The van der Waals surface area contributed by atoms with Gasteiger partial charge in [-0.05, 0) is 42.5 Å². The maximum atomic E-state index is 11.5. The van der Waals surface area contributed by atoms with Gasteiger partial charge in [0.2, 0.25) is 0 Å². The summed E-state index contributed by atoms with van der Waals surface area (Å²) < 4.78 is 23.0. The van der Waals surface area contributed by atoms with Crippen LogP contribution in [-0.4, -0.2) is 20.6 Å². The van der Waals surface area contributed by atoms with Crippen molar-refractivity contribution in [2.45, 2.75) is 28.0 Å². The fourth-order valence-electron chi connectivity index (χ4n) is 1.66. The second kappa shape index (κ2) is 7.92. The normalized spacial score (nSPS) is 11.1. The smallest absolute Gasteiger partial charge is 0.286 e. The van der Waals surface area contributed by atoms with E-state index in [0.717, 1.165) is 11.2 Å². The molecule has 0 fully saturated rings. The van der Waals surface area contributed by atoms with Crippen molar-refractivity contribution in [2.24, 2.45) is 0 Å². The predicted octanol–water partition coefficient (Wildman–Crippen LogP) is 4.14. The first-order valence-electron chi connectivity index (χ1n) is 6.94. The van der Waals surface area contributed by atoms with E-state index in [1.807, 2.05) is 0 Å². The fourth-order valence-corrected chi connectivity index (χ4v) is 3.44. The van der Waals surface area contributed by atoms with Crippen molar-refractivity contribution in [3.8, 4) is 5.75 Å². The molecule has 0 unspecified atom stereocenters. The highest BCUT2D eigenvalue weighted by Crippen LogP contribution is 2.37. The Hall–Kier alpha value is -1.70. The highest BCUT2D eigenvalue weighted by atomic mass is 35.5. The minimum atomic E-state index is -3.24. The lowest BCUT2D eigenvalue weighted by Gasteiger charge is -2.10. The van der Waals surface area contributed by atoms with Crippen molar-refractivity contribution < 1.29 is 23.0 Å². The van der Waals surface area contributed by atoms with Gasteiger partial charge in [0.15, 0.2) is 15.6 Å². The Morgan fingerprint density at radius 1 is 1.17 bits per heavy atom. The van der Waals surface area contributed by atoms with Crippen LogP contribution in [0, 0.1) is 0 Å². The number of hydrogen-bond acceptors (Lipinski definition) is 6. The van der Waals surface area contributed by atoms with E-state index in [-0.39, 0.29) is 11.3 Å². The molecule has 5 nitrogen and oxygen atoms in total. The summed E-state index contributed by atoms with van der Waals surface area (Å²) in [5, 5.41) is 0.499. The van der Waals surface area contributed by atoms with Gasteiger partial charge < -0.3 is 0 Å². The van der Waals surface area contributed by atoms with E-state index in [2.05, 4.69) is 4.89 Å². The summed E-state index contributed by atoms with van der Waals surface area (Å²) in [6.07, 6.45) is 1.35. The minimum Gasteiger partial charge on any atom is -0.286 e. The molecular formula is C16H15ClO5S2. The predicted molar refractivity (Wildman–Crippen MR) is 92.1 cm³/mol. The Morgan fingerprint density at radius 2 is 1.83 bits per heavy atom. The van der Waals surface area contributed by atoms with Crippen LogP contribution in [-0.2, 0) is 19.5 Å². The van der Waals surface area contributed by atoms with Gasteiger partial charge in [-0.3, -0.25) is 9.78 Å². The summed E-state index contributed by atoms with van der Waals surface area (Å²) in [7, 11) is -3.24. The van der Waals surface area contributed by atoms with Crippen LogP contribution in [0.1, 0.15) is 13.3 Å². The van der Waals surface area contributed by atoms with Crippen LogP contribution >= 0.6 is 23.4 Å². The van der Waals surface area contributed by atoms with Crippen LogP contribution in [0.25, 0.3) is 0 Å². The molecule has 128 valence electrons. The third kappa shape index (κ3) is 5.15. The number of sulfone groups is 1. The SMILES string of the molecule is CCC(=O)OOc1ccc(Cl)cc1Sc1ccc(S(C)(=O)=O)cc1. The maximum absolute atomic E-state index is 11.5. The van der Waals surface area contributed by atoms with Gasteiger partial charge in [-0.15, -0.1) is 0 Å². The third-order valence-corrected chi connectivity index (χ3v) is 5.31. The molecule has 24 heavy (non-hydrogen) atoms. The Balaban J connectivity index is 2.22. The number of rotatable bonds is 6. The van der Waals surface area contributed by atoms with Crippen molar-refractivity contribution in [1.82, 2.24) is 0 Å². The highest BCUT2D eigenvalue weighted by Gasteiger charge is 2.12. The van der Waals surface area contributed by atoms with Crippen LogP contribution in [0.2, 0.25) is 5.02 Å². The number of benzene rings is 2. The first kappa shape index (κ1) is 18.6. The lowest BCUT2D eigenvalue weighted by molar-refractivity contribution is -0.214. The van der Waals surface area contributed by atoms with Crippen molar-refractivity contribution in [1.29, 1.82) is 0 Å². The maximum Gasteiger partial charge on any atom is 0.355 e. The quantitative estimate of drug-likeness (QED) is 0.549. The molecule has 0 aliphatic carbocycles. The molecule has 0 amide bonds. The van der Waals surface area contributed by atoms with Crippen LogP contribution in [0.3, 0.4) is 0 Å². The molecule has 0 aromatic heterocycles. The van der Waals surface area contributed by atoms with E-state index in [1.54, 1.807) is 37.3 Å². The van der Waals surface area contributed by atoms with Crippen LogP contribution in [0.4, 0.5) is 0 Å². The van der Waals surface area contributed by atoms with E-state index in [4.69, 9.17) is 16.5 Å². The number of halogens is 1. The summed E-state index contributed by atoms with van der Waals surface area (Å²) in [5.41, 5.74) is 0. The lowest BCUT2D eigenvalue weighted by Crippen LogP contribution is -2.06. The van der Waals surface area contributed by atoms with E-state index >= 15 is 0 Å². The Bertz CT molecular complexity index is 832. The Labute approximate surface area is 149 Å². The summed E-state index contributed by atoms with van der Waals surface area (Å²) >= 11 is 7.31. The number of carbonyl (C=O) groups excluding carboxylic acids is 1. The minimum absolute atomic E-state index is 0.197. The highest BCUT2D eigenvalue weighted by molar-refractivity contribution is 7.99. The fraction of sp³-hybridized carbons (Fsp3) is 0.188. The molecule has 0 bridgehead atoms. The molecular weight excluding hydrogens is 372 g/mol. The molecule has 0 spiro atoms. The van der Waals surface area contributed by atoms with Gasteiger partial charge in [-0.1, -0.05) is 30.3 Å². The molecule has 0 saturated heterocycles. The monoisotopic (exact) mass is 386 g/mol. The average Bonchev–Trinajstić information content (AvgIpc) is 2.53. The molecule has 0 heterocycles. The zero-order valence-electron chi connectivity index (χ0n) is 13.0. The first-order valence-corrected chi connectivity index (χ1v) is 10.0. The Morgan fingerprint density at radius 3 is 2.42 bits per heavy atom. The van der Waals surface area contributed by atoms with Crippen molar-refractivity contribution >= 4 is 39.2 Å². The van der Waals surface area contributed by atoms with Gasteiger partial charge in [-0.25, -0.2) is 13.2 Å². The van der Waals surface area contributed by atoms with Gasteiger partial charge in [0.05, 0.1) is 9.79 Å². The van der Waals surface area contributed by atoms with Crippen molar-refractivity contribution in [2.75, 3.05) is 6.26 Å². The Kier molecular flexibility index (Phi) is 6.15. The third-order valence-electron chi connectivity index (χ3n) is 2.90. The summed E-state index contributed by atoms with van der Waals surface area (Å²) in [6, 6.07) is 11.3. The molecule has 0 N–H and O–H groups in total. The molecule has 0 saturated carbocycles. The van der Waals surface area contributed by atoms with E-state index < -0.39 is 15.8 Å². The average molecular weight is 387 g/mol. The van der Waals surface area contributed by atoms with Gasteiger partial charge in [0.25, 0.3) is 0 Å². The molecule has 2 rings (SSSR count). The first-order chi connectivity index (χ1) is 11.3. The van der Waals surface area contributed by atoms with Gasteiger partial charge in [0.1, 0.15) is 0 Å². The van der Waals surface area contributed by atoms with Crippen LogP contribution in [0.15, 0.2) is 57.2 Å². The van der Waals surface area contributed by atoms with Gasteiger partial charge in [0, 0.05) is 22.6 Å². The van der Waals surface area contributed by atoms with E-state index in [0.29, 0.717) is 15.7 Å². The number of carbonyl (C=O) groups is 1. The molecule has 0 radical (unpaired) electrons. The van der Waals surface area contributed by atoms with Crippen molar-refractivity contribution in [3.05, 3.63) is 47.5 Å². The second-order valence-electron chi connectivity index (χ2n) is 4.83. The van der Waals surface area contributed by atoms with E-state index in [9.17, 15) is 13.2 Å². The largest absolute Gasteiger partial charge is 0.355 e. The molecule has 2 aromatic rings. The molecule has 0 aliphatic heterocycles. The van der Waals surface area contributed by atoms with Crippen LogP contribution in [0.5, 0.6) is 5.75 Å². The second-order valence-corrected chi connectivity index (χ2v) is 8.40. The summed E-state index contributed by atoms with van der Waals surface area (Å²) in [5.74, 6) is -0.142. The van der Waals surface area contributed by atoms with Crippen molar-refractivity contribution in [3.63, 3.8) is 0 Å². The molecule has 2 aromatic carbocycles. The standard InChI is InChI=1S/C16H15ClO5S2/c1-3-16(18)22-21-14-9-4-11(17)10-15(14)23-12-5-7-13(8-6-12)24(2,19)20/h4-10H,3H2,1-2H3. The topological polar surface area (TPSA) is 69.7 Å². The number of hydrogen-bond donors (Lipinski definition) is 0. The lowest BCUT2D eigenvalue weighted by atomic mass is 10.3. The van der Waals surface area contributed by atoms with Gasteiger partial charge in [-0.2, -0.15) is 0 Å². The molecule has 0 atom stereocenters.